The molecule has 6 amide bonds. The molecule has 484 valence electrons. The maximum atomic E-state index is 15.0. The molecule has 4 aliphatic rings. The molecule has 5 aromatic rings. The second-order valence-corrected chi connectivity index (χ2v) is 24.5. The number of aliphatic hydroxyl groups is 1. The number of fused-ring (bicyclic) bond motifs is 2. The first-order chi connectivity index (χ1) is 43.0. The highest BCUT2D eigenvalue weighted by Crippen LogP contribution is 2.44. The number of aliphatic hydroxyl groups excluding tert-OH is 1. The highest BCUT2D eigenvalue weighted by molar-refractivity contribution is 7.13. The zero-order valence-electron chi connectivity index (χ0n) is 51.4. The largest absolute Gasteiger partial charge is 0.391 e. The fourth-order valence-corrected chi connectivity index (χ4v) is 12.4. The van der Waals surface area contributed by atoms with Crippen molar-refractivity contribution in [1.82, 2.24) is 55.6 Å². The van der Waals surface area contributed by atoms with Crippen LogP contribution in [0, 0.1) is 12.3 Å². The Morgan fingerprint density at radius 2 is 1.55 bits per heavy atom. The summed E-state index contributed by atoms with van der Waals surface area (Å²) in [5, 5.41) is 31.4. The number of halogens is 2. The number of hydrogen-bond donors (Lipinski definition) is 5. The van der Waals surface area contributed by atoms with E-state index in [0.29, 0.717) is 94.7 Å². The van der Waals surface area contributed by atoms with Crippen LogP contribution in [-0.2, 0) is 80.1 Å². The average molecular weight is 1260 g/mol. The molecule has 0 unspecified atom stereocenters. The summed E-state index contributed by atoms with van der Waals surface area (Å²) < 4.78 is 67.1. The summed E-state index contributed by atoms with van der Waals surface area (Å²) in [5.41, 5.74) is 8.41. The summed E-state index contributed by atoms with van der Waals surface area (Å²) in [7, 11) is 1.61. The molecule has 0 radical (unpaired) electrons. The summed E-state index contributed by atoms with van der Waals surface area (Å²) in [5.74, 6) is -0.993. The Bertz CT molecular complexity index is 3180. The van der Waals surface area contributed by atoms with E-state index in [1.807, 2.05) is 58.0 Å². The number of aromatic nitrogens is 5. The van der Waals surface area contributed by atoms with E-state index in [4.69, 9.17) is 33.5 Å². The van der Waals surface area contributed by atoms with Crippen molar-refractivity contribution in [1.29, 1.82) is 0 Å². The predicted octanol–water partition coefficient (Wildman–Crippen LogP) is 5.26. The fourth-order valence-electron chi connectivity index (χ4n) is 11.6. The van der Waals surface area contributed by atoms with Crippen molar-refractivity contribution < 1.29 is 66.3 Å². The van der Waals surface area contributed by atoms with Crippen LogP contribution < -0.4 is 26.2 Å². The number of ether oxygens (including phenoxy) is 6. The van der Waals surface area contributed by atoms with Gasteiger partial charge in [0.25, 0.3) is 6.43 Å². The smallest absolute Gasteiger partial charge is 0.317 e. The van der Waals surface area contributed by atoms with Crippen LogP contribution in [0.1, 0.15) is 92.6 Å². The van der Waals surface area contributed by atoms with Gasteiger partial charge in [0, 0.05) is 100 Å². The molecular weight excluding hydrogens is 1170 g/mol. The highest BCUT2D eigenvalue weighted by atomic mass is 32.1. The van der Waals surface area contributed by atoms with Gasteiger partial charge in [0.15, 0.2) is 5.82 Å². The third-order valence-corrected chi connectivity index (χ3v) is 17.2. The number of nitrogens with one attached hydrogen (secondary N) is 4. The summed E-state index contributed by atoms with van der Waals surface area (Å²) >= 11 is 1.56. The van der Waals surface area contributed by atoms with Crippen molar-refractivity contribution in [2.45, 2.75) is 117 Å². The minimum absolute atomic E-state index is 0.0382. The van der Waals surface area contributed by atoms with Crippen LogP contribution in [0.4, 0.5) is 25.1 Å². The molecule has 0 bridgehead atoms. The number of likely N-dealkylation sites (tertiary alicyclic amines) is 1. The van der Waals surface area contributed by atoms with E-state index < -0.39 is 47.7 Å². The number of nitrogens with zero attached hydrogens (tertiary/aromatic N) is 8. The molecule has 5 N–H and O–H groups in total. The standard InChI is InChI=1S/C62H84F2N12O12S/c1-40-55(89-39-68-40)42-10-8-41(9-11-42)32-67-59(80)52-30-46(77)35-75(52)60(81)56(62(2,3)4)70-54(79)38-88-28-26-86-24-22-84-21-23-85-25-27-87-37-53(78)66-15-18-73-34-44(33-69-73)47-29-43-7-6-16-74(51(43)31-48(47)57(63)64)58-49-36-72(61(82)65-5)17-12-50(49)76(71-58)45-13-19-83-20-14-45/h8-11,29,31,33-34,39,45-46,52,56-57,77H,6-7,12-28,30,32,35-38H2,1-5H3,(H,65,82)(H,66,78)(H,67,80)(H,70,79)/t46-,52+,56-/m1/s1. The molecule has 9 rings (SSSR count). The maximum Gasteiger partial charge on any atom is 0.317 e. The molecule has 7 heterocycles. The quantitative estimate of drug-likeness (QED) is 0.0383. The normalized spacial score (nSPS) is 17.4. The molecule has 2 fully saturated rings. The second-order valence-electron chi connectivity index (χ2n) is 23.6. The SMILES string of the molecule is CNC(=O)N1CCc2c(c(N3CCCc4cc(-c5cnn(CCNC(=O)COCCOCCOCCOCCOCC(=O)N[C@H](C(=O)N6C[C@H](O)C[C@H]6C(=O)NCc6ccc(-c7scnc7C)cc6)C(C)(C)C)c5)c(C(F)F)cc43)nn2C2CCOCC2)C1. The number of alkyl halides is 2. The van der Waals surface area contributed by atoms with E-state index in [9.17, 15) is 29.1 Å². The number of urea groups is 1. The number of thiazole rings is 1. The predicted molar refractivity (Wildman–Crippen MR) is 327 cm³/mol. The van der Waals surface area contributed by atoms with Gasteiger partial charge < -0.3 is 69.5 Å². The van der Waals surface area contributed by atoms with Crippen LogP contribution in [-0.4, -0.2) is 200 Å². The number of amides is 6. The van der Waals surface area contributed by atoms with E-state index in [-0.39, 0.29) is 95.8 Å². The van der Waals surface area contributed by atoms with Crippen molar-refractivity contribution in [2.75, 3.05) is 117 Å². The topological polar surface area (TPSA) is 267 Å². The molecule has 0 spiro atoms. The second kappa shape index (κ2) is 31.7. The van der Waals surface area contributed by atoms with Gasteiger partial charge in [-0.2, -0.15) is 10.2 Å². The van der Waals surface area contributed by atoms with Gasteiger partial charge in [-0.05, 0) is 72.4 Å². The van der Waals surface area contributed by atoms with Gasteiger partial charge in [-0.25, -0.2) is 18.6 Å². The first kappa shape index (κ1) is 66.4. The molecule has 2 saturated heterocycles. The van der Waals surface area contributed by atoms with Crippen LogP contribution in [0.25, 0.3) is 21.6 Å². The monoisotopic (exact) mass is 1260 g/mol. The Hall–Kier alpha value is -6.98. The molecule has 3 aromatic heterocycles. The maximum absolute atomic E-state index is 15.0. The van der Waals surface area contributed by atoms with E-state index in [1.54, 1.807) is 51.9 Å². The van der Waals surface area contributed by atoms with E-state index in [1.165, 1.54) is 4.90 Å². The summed E-state index contributed by atoms with van der Waals surface area (Å²) in [4.78, 5) is 76.3. The lowest BCUT2D eigenvalue weighted by molar-refractivity contribution is -0.144. The number of carbonyl (C=O) groups is 5. The van der Waals surface area contributed by atoms with Gasteiger partial charge in [-0.15, -0.1) is 11.3 Å². The van der Waals surface area contributed by atoms with Crippen molar-refractivity contribution in [3.8, 4) is 21.6 Å². The highest BCUT2D eigenvalue weighted by Gasteiger charge is 2.45. The third kappa shape index (κ3) is 17.5. The van der Waals surface area contributed by atoms with E-state index >= 15 is 8.78 Å². The first-order valence-corrected chi connectivity index (χ1v) is 31.5. The molecule has 2 aromatic carbocycles. The van der Waals surface area contributed by atoms with Crippen LogP contribution in [0.15, 0.2) is 54.3 Å². The lowest BCUT2D eigenvalue weighted by Gasteiger charge is -2.35. The number of hydrogen-bond acceptors (Lipinski definition) is 17. The minimum Gasteiger partial charge on any atom is -0.391 e. The van der Waals surface area contributed by atoms with Gasteiger partial charge in [-0.3, -0.25) is 28.5 Å². The first-order valence-electron chi connectivity index (χ1n) is 30.6. The Kier molecular flexibility index (Phi) is 23.6. The Balaban J connectivity index is 0.615. The zero-order valence-corrected chi connectivity index (χ0v) is 52.3. The van der Waals surface area contributed by atoms with Gasteiger partial charge >= 0.3 is 6.03 Å². The minimum atomic E-state index is -2.77. The molecular formula is C62H84F2N12O12S. The van der Waals surface area contributed by atoms with E-state index in [2.05, 4.69) is 40.9 Å². The molecule has 27 heteroatoms. The van der Waals surface area contributed by atoms with Crippen molar-refractivity contribution in [2.24, 2.45) is 5.41 Å². The number of aryl methyl sites for hydroxylation is 2. The Labute approximate surface area is 521 Å². The summed E-state index contributed by atoms with van der Waals surface area (Å²) in [6.07, 6.45) is 3.47. The van der Waals surface area contributed by atoms with Crippen LogP contribution in [0.2, 0.25) is 0 Å². The fraction of sp³-hybridized carbons (Fsp3) is 0.581. The molecule has 0 saturated carbocycles. The molecule has 4 aliphatic heterocycles. The zero-order chi connectivity index (χ0) is 63.0. The number of carbonyl (C=O) groups excluding carboxylic acids is 5. The van der Waals surface area contributed by atoms with E-state index in [0.717, 1.165) is 57.8 Å². The third-order valence-electron chi connectivity index (χ3n) is 16.2. The number of anilines is 2. The molecule has 24 nitrogen and oxygen atoms in total. The molecule has 0 aliphatic carbocycles. The Morgan fingerprint density at radius 3 is 2.20 bits per heavy atom. The van der Waals surface area contributed by atoms with Crippen molar-refractivity contribution >= 4 is 52.5 Å². The molecule has 89 heavy (non-hydrogen) atoms. The van der Waals surface area contributed by atoms with Gasteiger partial charge in [-0.1, -0.05) is 45.0 Å². The lowest BCUT2D eigenvalue weighted by Crippen LogP contribution is -2.58. The lowest BCUT2D eigenvalue weighted by atomic mass is 9.85. The average Bonchev–Trinajstić information content (AvgIpc) is 1.69. The number of rotatable bonds is 29. The van der Waals surface area contributed by atoms with Gasteiger partial charge in [0.05, 0.1) is 100 Å². The Morgan fingerprint density at radius 1 is 0.865 bits per heavy atom. The summed E-state index contributed by atoms with van der Waals surface area (Å²) in [6, 6.07) is 9.34. The van der Waals surface area contributed by atoms with Crippen molar-refractivity contribution in [3.63, 3.8) is 0 Å². The van der Waals surface area contributed by atoms with Crippen LogP contribution >= 0.6 is 11.3 Å². The van der Waals surface area contributed by atoms with Crippen molar-refractivity contribution in [3.05, 3.63) is 87.9 Å². The number of β-amino-alcohol motifs (C(OH)–C–C–N with tert-alkyl or cyclic N) is 1. The van der Waals surface area contributed by atoms with Gasteiger partial charge in [0.1, 0.15) is 25.3 Å². The van der Waals surface area contributed by atoms with Crippen LogP contribution in [0.5, 0.6) is 0 Å². The molecule has 3 atom stereocenters. The number of benzene rings is 2. The van der Waals surface area contributed by atoms with Gasteiger partial charge in [0.2, 0.25) is 23.6 Å². The summed E-state index contributed by atoms with van der Waals surface area (Å²) in [6.45, 7) is 12.3. The van der Waals surface area contributed by atoms with Crippen LogP contribution in [0.3, 0.4) is 0 Å².